The molecule has 0 bridgehead atoms. The monoisotopic (exact) mass is 1830 g/mol. The van der Waals surface area contributed by atoms with Gasteiger partial charge in [-0.25, -0.2) is 18.3 Å². The molecule has 0 saturated heterocycles. The maximum Gasteiger partial charge on any atom is 0.216 e. The van der Waals surface area contributed by atoms with E-state index in [9.17, 15) is 0 Å². The van der Waals surface area contributed by atoms with Crippen LogP contribution in [0.2, 0.25) is 0 Å². The van der Waals surface area contributed by atoms with Crippen LogP contribution in [0.15, 0.2) is 237 Å². The second kappa shape index (κ2) is 31.9. The summed E-state index contributed by atoms with van der Waals surface area (Å²) < 4.78 is 369. The lowest BCUT2D eigenvalue weighted by Crippen LogP contribution is -2.32. The third-order valence-electron chi connectivity index (χ3n) is 27.8. The molecule has 4 aliphatic carbocycles. The van der Waals surface area contributed by atoms with Gasteiger partial charge in [-0.05, 0) is 192 Å². The highest BCUT2D eigenvalue weighted by atomic mass is 16.3. The fourth-order valence-electron chi connectivity index (χ4n) is 21.0. The van der Waals surface area contributed by atoms with E-state index in [0.29, 0.717) is 178 Å². The summed E-state index contributed by atoms with van der Waals surface area (Å²) in [4.78, 5) is 17.2. The molecular formula is C124H124N8O4+4. The lowest BCUT2D eigenvalue weighted by atomic mass is 9.82. The van der Waals surface area contributed by atoms with Gasteiger partial charge in [-0.2, -0.15) is 0 Å². The number of fused-ring (bicyclic) bond motifs is 28. The van der Waals surface area contributed by atoms with Gasteiger partial charge in [0.05, 0.1) is 33.6 Å². The standard InChI is InChI=1S/4C31H31N2O/c1-17(2)22-14-26(33(7)16-19(22)4)27-18(3)8-9-20-21-10-11-25-28(30(21)34-29(20)27)23-15-32-13-12-24(23)31(25,5)6;1-17(2)23-14-26(33(7)16-19(23)4)27-18(3)8-9-20-21-10-11-24-28(30(21)34-29(20)27)22-12-13-32-15-25(22)31(24,5)6;1-17(2)22-15-25(33(7)16-19(22)4)26-18(3)10-11-20-21-12-13-23-27(30(21)34-29(20)26)28-24(31(23,5)6)9-8-14-32-28;1-17(2)23-15-25(33(7)16-19(23)4)26-18(3)10-11-20-21-12-13-24-27(29(21)34-28(20)26)22-9-8-14-32-30(22)31(24,5)6/h4*8-17H,1-7H3/q4*+1/i4*4D3,5D3,6D3,17D. The van der Waals surface area contributed by atoms with Gasteiger partial charge < -0.3 is 17.7 Å². The third kappa shape index (κ3) is 13.3. The van der Waals surface area contributed by atoms with E-state index in [1.807, 2.05) is 76.2 Å². The molecule has 0 saturated carbocycles. The van der Waals surface area contributed by atoms with Gasteiger partial charge in [0.1, 0.15) is 72.9 Å². The highest BCUT2D eigenvalue weighted by Crippen LogP contribution is 2.59. The fraction of sp³-hybridized carbons (Fsp3) is 0.290. The number of hydrogen-bond donors (Lipinski definition) is 0. The normalized spacial score (nSPS) is 20.0. The van der Waals surface area contributed by atoms with Gasteiger partial charge in [-0.3, -0.25) is 19.9 Å². The SMILES string of the molecule is [2H]C([2H])([2H])c1c[n+](C)c(-c2c(C)ccc3c2oc2c4c(ccc23)C(C([2H])([2H])[2H])(C([2H])([2H])[2H])c2cccnc2-4)cc1C([2H])(C)C.[2H]C([2H])([2H])c1c[n+](C)c(-c2c(C)ccc3c2oc2c4c(ccc23)C(C([2H])([2H])[2H])(C([2H])([2H])[2H])c2ccncc2-4)cc1C([2H])(C)C.[2H]C([2H])([2H])c1c[n+](C)c(-c2c(C)ccc3c2oc2c4c(ccc23)C(C([2H])([2H])[2H])(C([2H])([2H])[2H])c2cnccc2-4)cc1C([2H])(C)C.[2H]C([2H])([2H])c1c[n+](C)c(-c2c(C)ccc3c2oc2c4c(ccc23)C(C([2H])([2H])[2H])(C([2H])([2H])[2H])c2ncccc2-4)cc1C([2H])(C)C. The molecule has 12 nitrogen and oxygen atoms in total. The predicted molar refractivity (Wildman–Crippen MR) is 557 cm³/mol. The van der Waals surface area contributed by atoms with E-state index >= 15 is 0 Å². The quantitative estimate of drug-likeness (QED) is 0.138. The molecule has 0 N–H and O–H groups in total. The van der Waals surface area contributed by atoms with E-state index in [-0.39, 0.29) is 72.6 Å². The second-order valence-corrected chi connectivity index (χ2v) is 37.4. The van der Waals surface area contributed by atoms with Crippen molar-refractivity contribution in [1.29, 1.82) is 0 Å². The van der Waals surface area contributed by atoms with Gasteiger partial charge in [0.2, 0.25) is 22.8 Å². The van der Waals surface area contributed by atoms with Gasteiger partial charge in [0.15, 0.2) is 24.8 Å². The van der Waals surface area contributed by atoms with E-state index in [0.717, 1.165) is 38.4 Å². The topological polar surface area (TPSA) is 120 Å². The molecule has 0 aliphatic heterocycles. The summed E-state index contributed by atoms with van der Waals surface area (Å²) >= 11 is 0. The van der Waals surface area contributed by atoms with Crippen LogP contribution in [0.25, 0.3) is 177 Å². The molecule has 8 aromatic carbocycles. The Kier molecular flexibility index (Phi) is 12.7. The molecule has 12 heteroatoms. The van der Waals surface area contributed by atoms with Crippen molar-refractivity contribution in [3.8, 4) is 89.7 Å². The number of aryl methyl sites for hydroxylation is 12. The summed E-state index contributed by atoms with van der Waals surface area (Å²) in [7, 11) is 6.97. The van der Waals surface area contributed by atoms with E-state index in [1.54, 1.807) is 199 Å². The van der Waals surface area contributed by atoms with Crippen LogP contribution >= 0.6 is 0 Å². The van der Waals surface area contributed by atoms with Gasteiger partial charge in [0, 0.05) is 237 Å². The molecule has 136 heavy (non-hydrogen) atoms. The zero-order chi connectivity index (χ0) is 129. The number of benzene rings is 8. The zero-order valence-electron chi connectivity index (χ0n) is 118. The first-order chi connectivity index (χ1) is 80.8. The molecule has 0 radical (unpaired) electrons. The first-order valence-electron chi connectivity index (χ1n) is 64.8. The Morgan fingerprint density at radius 2 is 0.588 bits per heavy atom. The van der Waals surface area contributed by atoms with Crippen molar-refractivity contribution in [1.82, 2.24) is 19.9 Å². The van der Waals surface area contributed by atoms with Gasteiger partial charge in [-0.1, -0.05) is 219 Å². The van der Waals surface area contributed by atoms with Crippen molar-refractivity contribution in [2.24, 2.45) is 28.2 Å². The highest BCUT2D eigenvalue weighted by molar-refractivity contribution is 6.19. The maximum atomic E-state index is 8.74. The Bertz CT molecular complexity index is 9070. The zero-order valence-corrected chi connectivity index (χ0v) is 78.0. The first-order valence-corrected chi connectivity index (χ1v) is 44.8. The second-order valence-electron chi connectivity index (χ2n) is 37.4. The number of aromatic nitrogens is 8. The molecule has 12 aromatic heterocycles. The van der Waals surface area contributed by atoms with E-state index in [4.69, 9.17) is 72.5 Å². The summed E-state index contributed by atoms with van der Waals surface area (Å²) in [5.41, 5.74) is 8.20. The molecular weight excluding hydrogens is 1670 g/mol. The molecule has 0 unspecified atom stereocenters. The molecule has 680 valence electrons. The lowest BCUT2D eigenvalue weighted by molar-refractivity contribution is -0.660. The molecule has 0 fully saturated rings. The Morgan fingerprint density at radius 1 is 0.279 bits per heavy atom. The third-order valence-corrected chi connectivity index (χ3v) is 27.8. The van der Waals surface area contributed by atoms with Gasteiger partial charge in [-0.15, -0.1) is 0 Å². The summed E-state index contributed by atoms with van der Waals surface area (Å²) in [5.74, 6) is -4.86. The maximum absolute atomic E-state index is 8.74. The van der Waals surface area contributed by atoms with Crippen molar-refractivity contribution in [2.45, 2.75) is 211 Å². The van der Waals surface area contributed by atoms with Gasteiger partial charge >= 0.3 is 0 Å². The van der Waals surface area contributed by atoms with Crippen molar-refractivity contribution in [3.63, 3.8) is 0 Å². The fourth-order valence-corrected chi connectivity index (χ4v) is 21.0. The van der Waals surface area contributed by atoms with E-state index < -0.39 is 127 Å². The van der Waals surface area contributed by atoms with E-state index in [2.05, 4.69) is 19.9 Å². The van der Waals surface area contributed by atoms with E-state index in [1.165, 1.54) is 74.1 Å². The number of hydrogen-bond acceptors (Lipinski definition) is 8. The predicted octanol–water partition coefficient (Wildman–Crippen LogP) is 30.1. The minimum absolute atomic E-state index is 0.0340. The number of nitrogens with zero attached hydrogens (tertiary/aromatic N) is 8. The van der Waals surface area contributed by atoms with Crippen molar-refractivity contribution in [3.05, 3.63) is 331 Å². The van der Waals surface area contributed by atoms with Crippen LogP contribution in [-0.4, -0.2) is 19.9 Å². The Labute approximate surface area is 855 Å². The molecule has 0 spiro atoms. The Hall–Kier alpha value is -13.8. The van der Waals surface area contributed by atoms with Crippen LogP contribution in [0.3, 0.4) is 0 Å². The van der Waals surface area contributed by atoms with Crippen LogP contribution < -0.4 is 18.3 Å². The van der Waals surface area contributed by atoms with Crippen LogP contribution in [0.4, 0.5) is 0 Å². The minimum atomic E-state index is -2.95. The lowest BCUT2D eigenvalue weighted by Gasteiger charge is -2.20. The molecule has 24 rings (SSSR count). The average molecular weight is 1830 g/mol. The molecule has 20 aromatic rings. The number of pyridine rings is 8. The summed E-state index contributed by atoms with van der Waals surface area (Å²) in [5, 5.41) is 5.57. The smallest absolute Gasteiger partial charge is 0.216 e. The largest absolute Gasteiger partial charge is 0.454 e. The van der Waals surface area contributed by atoms with Crippen molar-refractivity contribution in [2.75, 3.05) is 0 Å². The summed E-state index contributed by atoms with van der Waals surface area (Å²) in [6, 6.07) is 44.8. The molecule has 4 aliphatic rings. The number of rotatable bonds is 8. The van der Waals surface area contributed by atoms with Crippen LogP contribution in [0.5, 0.6) is 0 Å². The first kappa shape index (κ1) is 54.0. The molecule has 0 amide bonds. The van der Waals surface area contributed by atoms with Gasteiger partial charge in [0.25, 0.3) is 0 Å². The molecule has 0 atom stereocenters. The van der Waals surface area contributed by atoms with Crippen LogP contribution in [0.1, 0.15) is 300 Å². The van der Waals surface area contributed by atoms with Crippen LogP contribution in [0, 0.1) is 55.1 Å². The summed E-state index contributed by atoms with van der Waals surface area (Å²) in [6.45, 7) is -12.4. The van der Waals surface area contributed by atoms with Crippen molar-refractivity contribution < 1.29 is 90.8 Å². The average Bonchev–Trinajstić information content (AvgIpc) is 1.52. The number of furan rings is 4. The Balaban J connectivity index is 0.000000132. The highest BCUT2D eigenvalue weighted by Gasteiger charge is 2.44. The Morgan fingerprint density at radius 3 is 0.971 bits per heavy atom. The minimum Gasteiger partial charge on any atom is -0.454 e. The summed E-state index contributed by atoms with van der Waals surface area (Å²) in [6.07, 6.45) is 14.8. The molecule has 12 heterocycles. The van der Waals surface area contributed by atoms with Crippen molar-refractivity contribution >= 4 is 87.8 Å². The van der Waals surface area contributed by atoms with Crippen LogP contribution in [-0.2, 0) is 49.9 Å².